The van der Waals surface area contributed by atoms with Gasteiger partial charge in [0.2, 0.25) is 5.91 Å². The molecule has 21 heavy (non-hydrogen) atoms. The number of carbonyl (C=O) groups excluding carboxylic acids is 1. The number of anilines is 1. The van der Waals surface area contributed by atoms with E-state index in [0.29, 0.717) is 20.8 Å². The van der Waals surface area contributed by atoms with E-state index in [-0.39, 0.29) is 11.2 Å². The molecule has 0 bridgehead atoms. The maximum Gasteiger partial charge on any atom is 0.237 e. The summed E-state index contributed by atoms with van der Waals surface area (Å²) in [5.74, 6) is -0.223. The molecule has 0 saturated carbocycles. The van der Waals surface area contributed by atoms with Gasteiger partial charge in [-0.15, -0.1) is 10.2 Å². The van der Waals surface area contributed by atoms with Crippen LogP contribution in [0.4, 0.5) is 5.69 Å². The highest BCUT2D eigenvalue weighted by Gasteiger charge is 2.19. The number of thioether (sulfide) groups is 1. The first kappa shape index (κ1) is 16.8. The molecular formula is C12H10Cl3N3OS2. The number of amides is 1. The van der Waals surface area contributed by atoms with Gasteiger partial charge < -0.3 is 5.32 Å². The van der Waals surface area contributed by atoms with Crippen molar-refractivity contribution in [3.8, 4) is 0 Å². The van der Waals surface area contributed by atoms with E-state index < -0.39 is 0 Å². The van der Waals surface area contributed by atoms with Gasteiger partial charge in [-0.1, -0.05) is 57.9 Å². The van der Waals surface area contributed by atoms with E-state index in [0.717, 1.165) is 9.35 Å². The number of nitrogens with zero attached hydrogens (tertiary/aromatic N) is 2. The van der Waals surface area contributed by atoms with Gasteiger partial charge in [0.15, 0.2) is 4.34 Å². The SMILES string of the molecule is Cc1nnc(SC(C)C(=O)Nc2c(Cl)cc(Cl)cc2Cl)s1. The van der Waals surface area contributed by atoms with E-state index >= 15 is 0 Å². The standard InChI is InChI=1S/C12H10Cl3N3OS2/c1-5(20-12-18-17-6(2)21-12)11(19)16-10-8(14)3-7(13)4-9(10)15/h3-5H,1-2H3,(H,16,19). The molecule has 1 heterocycles. The molecule has 0 fully saturated rings. The lowest BCUT2D eigenvalue weighted by Crippen LogP contribution is -2.22. The fourth-order valence-corrected chi connectivity index (χ4v) is 4.29. The second-order valence-corrected chi connectivity index (χ2v) is 8.10. The molecule has 9 heteroatoms. The highest BCUT2D eigenvalue weighted by atomic mass is 35.5. The van der Waals surface area contributed by atoms with Crippen LogP contribution in [0, 0.1) is 6.92 Å². The largest absolute Gasteiger partial charge is 0.323 e. The predicted molar refractivity (Wildman–Crippen MR) is 90.1 cm³/mol. The molecule has 0 radical (unpaired) electrons. The van der Waals surface area contributed by atoms with Crippen LogP contribution in [0.3, 0.4) is 0 Å². The Morgan fingerprint density at radius 3 is 2.43 bits per heavy atom. The summed E-state index contributed by atoms with van der Waals surface area (Å²) in [4.78, 5) is 12.2. The van der Waals surface area contributed by atoms with E-state index in [1.807, 2.05) is 6.92 Å². The minimum atomic E-state index is -0.361. The topological polar surface area (TPSA) is 54.9 Å². The zero-order valence-corrected chi connectivity index (χ0v) is 14.9. The molecule has 0 spiro atoms. The van der Waals surface area contributed by atoms with Crippen LogP contribution in [-0.4, -0.2) is 21.4 Å². The Labute approximate surface area is 145 Å². The van der Waals surface area contributed by atoms with Crippen LogP contribution >= 0.6 is 57.9 Å². The maximum absolute atomic E-state index is 12.2. The number of halogens is 3. The van der Waals surface area contributed by atoms with Crippen LogP contribution in [-0.2, 0) is 4.79 Å². The van der Waals surface area contributed by atoms with Crippen molar-refractivity contribution in [1.82, 2.24) is 10.2 Å². The first-order valence-electron chi connectivity index (χ1n) is 5.79. The zero-order chi connectivity index (χ0) is 15.6. The highest BCUT2D eigenvalue weighted by Crippen LogP contribution is 2.34. The van der Waals surface area contributed by atoms with E-state index in [1.54, 1.807) is 6.92 Å². The van der Waals surface area contributed by atoms with Crippen LogP contribution in [0.25, 0.3) is 0 Å². The molecule has 1 amide bonds. The molecule has 4 nitrogen and oxygen atoms in total. The smallest absolute Gasteiger partial charge is 0.237 e. The van der Waals surface area contributed by atoms with E-state index in [4.69, 9.17) is 34.8 Å². The minimum absolute atomic E-state index is 0.223. The third kappa shape index (κ3) is 4.47. The average Bonchev–Trinajstić information content (AvgIpc) is 2.78. The van der Waals surface area contributed by atoms with Gasteiger partial charge in [0, 0.05) is 5.02 Å². The molecule has 1 aromatic heterocycles. The lowest BCUT2D eigenvalue weighted by molar-refractivity contribution is -0.115. The van der Waals surface area contributed by atoms with Crippen molar-refractivity contribution in [2.45, 2.75) is 23.4 Å². The van der Waals surface area contributed by atoms with Gasteiger partial charge >= 0.3 is 0 Å². The maximum atomic E-state index is 12.2. The second kappa shape index (κ2) is 7.15. The third-order valence-corrected chi connectivity index (χ3v) is 5.25. The van der Waals surface area contributed by atoms with Gasteiger partial charge in [-0.3, -0.25) is 4.79 Å². The number of benzene rings is 1. The van der Waals surface area contributed by atoms with Crippen LogP contribution in [0.1, 0.15) is 11.9 Å². The van der Waals surface area contributed by atoms with Gasteiger partial charge in [0.25, 0.3) is 0 Å². The van der Waals surface area contributed by atoms with Crippen molar-refractivity contribution in [3.05, 3.63) is 32.2 Å². The minimum Gasteiger partial charge on any atom is -0.323 e. The van der Waals surface area contributed by atoms with Crippen molar-refractivity contribution < 1.29 is 4.79 Å². The Morgan fingerprint density at radius 1 is 1.29 bits per heavy atom. The van der Waals surface area contributed by atoms with Crippen LogP contribution in [0.15, 0.2) is 16.5 Å². The molecule has 2 rings (SSSR count). The fourth-order valence-electron chi connectivity index (χ4n) is 1.42. The van der Waals surface area contributed by atoms with Gasteiger partial charge in [-0.25, -0.2) is 0 Å². The van der Waals surface area contributed by atoms with Crippen LogP contribution in [0.5, 0.6) is 0 Å². The van der Waals surface area contributed by atoms with Crippen molar-refractivity contribution >= 4 is 69.5 Å². The Hall–Kier alpha value is -0.530. The number of rotatable bonds is 4. The van der Waals surface area contributed by atoms with E-state index in [1.165, 1.54) is 35.2 Å². The lowest BCUT2D eigenvalue weighted by atomic mass is 10.3. The fraction of sp³-hybridized carbons (Fsp3) is 0.250. The Balaban J connectivity index is 2.07. The molecule has 0 aliphatic carbocycles. The van der Waals surface area contributed by atoms with E-state index in [9.17, 15) is 4.79 Å². The highest BCUT2D eigenvalue weighted by molar-refractivity contribution is 8.02. The molecule has 1 N–H and O–H groups in total. The summed E-state index contributed by atoms with van der Waals surface area (Å²) >= 11 is 20.7. The number of carbonyl (C=O) groups is 1. The first-order valence-corrected chi connectivity index (χ1v) is 8.62. The molecule has 112 valence electrons. The Bertz CT molecular complexity index is 655. The van der Waals surface area contributed by atoms with E-state index in [2.05, 4.69) is 15.5 Å². The number of hydrogen-bond donors (Lipinski definition) is 1. The summed E-state index contributed by atoms with van der Waals surface area (Å²) in [6.45, 7) is 3.63. The van der Waals surface area contributed by atoms with Crippen molar-refractivity contribution in [2.24, 2.45) is 0 Å². The van der Waals surface area contributed by atoms with Crippen LogP contribution in [0.2, 0.25) is 15.1 Å². The molecular weight excluding hydrogens is 373 g/mol. The average molecular weight is 383 g/mol. The second-order valence-electron chi connectivity index (χ2n) is 4.08. The summed E-state index contributed by atoms with van der Waals surface area (Å²) in [7, 11) is 0. The molecule has 0 aliphatic rings. The molecule has 0 aliphatic heterocycles. The molecule has 1 aromatic carbocycles. The number of aromatic nitrogens is 2. The lowest BCUT2D eigenvalue weighted by Gasteiger charge is -2.13. The van der Waals surface area contributed by atoms with Gasteiger partial charge in [-0.2, -0.15) is 0 Å². The van der Waals surface area contributed by atoms with Crippen molar-refractivity contribution in [2.75, 3.05) is 5.32 Å². The monoisotopic (exact) mass is 381 g/mol. The number of aryl methyl sites for hydroxylation is 1. The van der Waals surface area contributed by atoms with Gasteiger partial charge in [0.05, 0.1) is 21.0 Å². The number of hydrogen-bond acceptors (Lipinski definition) is 5. The summed E-state index contributed by atoms with van der Waals surface area (Å²) in [6.07, 6.45) is 0. The zero-order valence-electron chi connectivity index (χ0n) is 11.0. The van der Waals surface area contributed by atoms with Crippen LogP contribution < -0.4 is 5.32 Å². The van der Waals surface area contributed by atoms with Gasteiger partial charge in [-0.05, 0) is 26.0 Å². The quantitative estimate of drug-likeness (QED) is 0.762. The third-order valence-electron chi connectivity index (χ3n) is 2.41. The van der Waals surface area contributed by atoms with Gasteiger partial charge in [0.1, 0.15) is 5.01 Å². The van der Waals surface area contributed by atoms with Crippen molar-refractivity contribution in [3.63, 3.8) is 0 Å². The van der Waals surface area contributed by atoms with Crippen molar-refractivity contribution in [1.29, 1.82) is 0 Å². The Kier molecular flexibility index (Phi) is 5.73. The first-order chi connectivity index (χ1) is 9.86. The summed E-state index contributed by atoms with van der Waals surface area (Å²) in [5, 5.41) is 12.1. The molecule has 0 saturated heterocycles. The summed E-state index contributed by atoms with van der Waals surface area (Å²) in [5.41, 5.74) is 0.355. The number of nitrogens with one attached hydrogen (secondary N) is 1. The summed E-state index contributed by atoms with van der Waals surface area (Å²) < 4.78 is 0.739. The molecule has 2 aromatic rings. The normalized spacial score (nSPS) is 12.2. The summed E-state index contributed by atoms with van der Waals surface area (Å²) in [6, 6.07) is 3.05. The molecule has 1 unspecified atom stereocenters. The molecule has 1 atom stereocenters. The predicted octanol–water partition coefficient (Wildman–Crippen LogP) is 4.93. The Morgan fingerprint density at radius 2 is 1.90 bits per heavy atom.